The molecule has 28 heavy (non-hydrogen) atoms. The van der Waals surface area contributed by atoms with Crippen molar-refractivity contribution in [2.75, 3.05) is 6.61 Å². The fraction of sp³-hybridized carbons (Fsp3) is 0.227. The number of aromatic nitrogens is 3. The van der Waals surface area contributed by atoms with Crippen LogP contribution in [0.2, 0.25) is 0 Å². The minimum atomic E-state index is -0.106. The molecule has 6 heteroatoms. The van der Waals surface area contributed by atoms with Crippen molar-refractivity contribution in [3.8, 4) is 28.6 Å². The van der Waals surface area contributed by atoms with Crippen molar-refractivity contribution in [3.05, 3.63) is 64.4 Å². The molecule has 2 aromatic carbocycles. The second kappa shape index (κ2) is 7.31. The van der Waals surface area contributed by atoms with Crippen LogP contribution in [0.25, 0.3) is 33.7 Å². The first-order valence-electron chi connectivity index (χ1n) is 9.31. The summed E-state index contributed by atoms with van der Waals surface area (Å²) in [6, 6.07) is 13.3. The lowest BCUT2D eigenvalue weighted by Gasteiger charge is -2.10. The number of fused-ring (bicyclic) bond motifs is 1. The Morgan fingerprint density at radius 3 is 2.61 bits per heavy atom. The zero-order valence-electron chi connectivity index (χ0n) is 16.1. The molecular formula is C22H21N3O3. The summed E-state index contributed by atoms with van der Waals surface area (Å²) in [5, 5.41) is 4.71. The fourth-order valence-corrected chi connectivity index (χ4v) is 3.24. The summed E-state index contributed by atoms with van der Waals surface area (Å²) < 4.78 is 12.9. The summed E-state index contributed by atoms with van der Waals surface area (Å²) in [6.07, 6.45) is 1.79. The highest BCUT2D eigenvalue weighted by Gasteiger charge is 2.17. The third kappa shape index (κ3) is 3.17. The molecule has 0 spiro atoms. The van der Waals surface area contributed by atoms with Crippen molar-refractivity contribution in [2.24, 2.45) is 0 Å². The summed E-state index contributed by atoms with van der Waals surface area (Å²) >= 11 is 0. The van der Waals surface area contributed by atoms with Crippen molar-refractivity contribution in [3.63, 3.8) is 0 Å². The SMILES string of the molecule is CCOc1ccc(-c2noc(-c3cn(CC)c4ccc(C)cc4c3=O)n2)cc1. The Balaban J connectivity index is 1.79. The average Bonchev–Trinajstić information content (AvgIpc) is 3.19. The Morgan fingerprint density at radius 2 is 1.89 bits per heavy atom. The van der Waals surface area contributed by atoms with Gasteiger partial charge in [0.1, 0.15) is 11.3 Å². The summed E-state index contributed by atoms with van der Waals surface area (Å²) in [7, 11) is 0. The zero-order chi connectivity index (χ0) is 19.7. The number of benzene rings is 2. The summed E-state index contributed by atoms with van der Waals surface area (Å²) in [6.45, 7) is 7.28. The molecule has 2 heterocycles. The molecule has 0 N–H and O–H groups in total. The third-order valence-electron chi connectivity index (χ3n) is 4.66. The highest BCUT2D eigenvalue weighted by Crippen LogP contribution is 2.24. The standard InChI is InChI=1S/C22H21N3O3/c1-4-25-13-18(20(26)17-12-14(3)6-11-19(17)25)22-23-21(24-28-22)15-7-9-16(10-8-15)27-5-2/h6-13H,4-5H2,1-3H3. The van der Waals surface area contributed by atoms with E-state index in [0.717, 1.165) is 28.9 Å². The molecular weight excluding hydrogens is 354 g/mol. The number of ether oxygens (including phenoxy) is 1. The van der Waals surface area contributed by atoms with Gasteiger partial charge in [0, 0.05) is 23.7 Å². The second-order valence-corrected chi connectivity index (χ2v) is 6.56. The predicted octanol–water partition coefficient (Wildman–Crippen LogP) is 4.45. The van der Waals surface area contributed by atoms with E-state index in [4.69, 9.17) is 9.26 Å². The molecule has 0 fully saturated rings. The van der Waals surface area contributed by atoms with Gasteiger partial charge in [-0.15, -0.1) is 0 Å². The Hall–Kier alpha value is -3.41. The second-order valence-electron chi connectivity index (χ2n) is 6.56. The van der Waals surface area contributed by atoms with Crippen molar-refractivity contribution < 1.29 is 9.26 Å². The van der Waals surface area contributed by atoms with Gasteiger partial charge in [0.15, 0.2) is 0 Å². The monoisotopic (exact) mass is 375 g/mol. The van der Waals surface area contributed by atoms with E-state index in [9.17, 15) is 4.79 Å². The van der Waals surface area contributed by atoms with Crippen molar-refractivity contribution in [1.82, 2.24) is 14.7 Å². The topological polar surface area (TPSA) is 70.2 Å². The van der Waals surface area contributed by atoms with Gasteiger partial charge in [-0.1, -0.05) is 16.8 Å². The first-order chi connectivity index (χ1) is 13.6. The molecule has 0 atom stereocenters. The molecule has 0 unspecified atom stereocenters. The fourth-order valence-electron chi connectivity index (χ4n) is 3.24. The van der Waals surface area contributed by atoms with Crippen molar-refractivity contribution in [1.29, 1.82) is 0 Å². The van der Waals surface area contributed by atoms with Gasteiger partial charge in [-0.25, -0.2) is 0 Å². The normalized spacial score (nSPS) is 11.1. The van der Waals surface area contributed by atoms with Crippen LogP contribution in [0, 0.1) is 6.92 Å². The molecule has 0 bridgehead atoms. The van der Waals surface area contributed by atoms with Crippen LogP contribution in [0.4, 0.5) is 0 Å². The highest BCUT2D eigenvalue weighted by molar-refractivity contribution is 5.83. The number of hydrogen-bond donors (Lipinski definition) is 0. The molecule has 2 aromatic heterocycles. The van der Waals surface area contributed by atoms with Crippen LogP contribution in [0.1, 0.15) is 19.4 Å². The van der Waals surface area contributed by atoms with Crippen LogP contribution in [0.15, 0.2) is 58.0 Å². The number of pyridine rings is 1. The van der Waals surface area contributed by atoms with Gasteiger partial charge >= 0.3 is 0 Å². The largest absolute Gasteiger partial charge is 0.494 e. The molecule has 0 amide bonds. The molecule has 4 aromatic rings. The minimum Gasteiger partial charge on any atom is -0.494 e. The van der Waals surface area contributed by atoms with E-state index < -0.39 is 0 Å². The van der Waals surface area contributed by atoms with Crippen molar-refractivity contribution >= 4 is 10.9 Å². The van der Waals surface area contributed by atoms with Crippen LogP contribution in [0.5, 0.6) is 5.75 Å². The first-order valence-corrected chi connectivity index (χ1v) is 9.31. The Labute approximate surface area is 162 Å². The van der Waals surface area contributed by atoms with Gasteiger partial charge < -0.3 is 13.8 Å². The summed E-state index contributed by atoms with van der Waals surface area (Å²) in [5.74, 6) is 1.44. The Morgan fingerprint density at radius 1 is 1.11 bits per heavy atom. The molecule has 6 nitrogen and oxygen atoms in total. The van der Waals surface area contributed by atoms with E-state index in [1.165, 1.54) is 0 Å². The Bertz CT molecular complexity index is 1190. The van der Waals surface area contributed by atoms with E-state index in [1.54, 1.807) is 6.20 Å². The van der Waals surface area contributed by atoms with Gasteiger partial charge in [-0.2, -0.15) is 4.98 Å². The average molecular weight is 375 g/mol. The number of nitrogens with zero attached hydrogens (tertiary/aromatic N) is 3. The molecule has 0 aliphatic carbocycles. The van der Waals surface area contributed by atoms with Crippen LogP contribution in [-0.2, 0) is 6.54 Å². The van der Waals surface area contributed by atoms with Gasteiger partial charge in [0.2, 0.25) is 11.3 Å². The van der Waals surface area contributed by atoms with E-state index in [2.05, 4.69) is 10.1 Å². The minimum absolute atomic E-state index is 0.106. The van der Waals surface area contributed by atoms with E-state index in [0.29, 0.717) is 23.4 Å². The molecule has 0 aliphatic rings. The third-order valence-corrected chi connectivity index (χ3v) is 4.66. The van der Waals surface area contributed by atoms with Crippen LogP contribution in [-0.4, -0.2) is 21.3 Å². The lowest BCUT2D eigenvalue weighted by molar-refractivity contribution is 0.340. The Kier molecular flexibility index (Phi) is 4.69. The lowest BCUT2D eigenvalue weighted by atomic mass is 10.1. The van der Waals surface area contributed by atoms with Crippen LogP contribution < -0.4 is 10.2 Å². The number of hydrogen-bond acceptors (Lipinski definition) is 5. The van der Waals surface area contributed by atoms with E-state index in [1.807, 2.05) is 67.8 Å². The molecule has 0 radical (unpaired) electrons. The lowest BCUT2D eigenvalue weighted by Crippen LogP contribution is -2.12. The van der Waals surface area contributed by atoms with Crippen LogP contribution in [0.3, 0.4) is 0 Å². The first kappa shape index (κ1) is 18.0. The summed E-state index contributed by atoms with van der Waals surface area (Å²) in [5.41, 5.74) is 3.03. The van der Waals surface area contributed by atoms with Gasteiger partial charge in [0.25, 0.3) is 5.89 Å². The van der Waals surface area contributed by atoms with E-state index >= 15 is 0 Å². The van der Waals surface area contributed by atoms with E-state index in [-0.39, 0.29) is 11.3 Å². The highest BCUT2D eigenvalue weighted by atomic mass is 16.5. The van der Waals surface area contributed by atoms with Crippen molar-refractivity contribution in [2.45, 2.75) is 27.3 Å². The summed E-state index contributed by atoms with van der Waals surface area (Å²) in [4.78, 5) is 17.5. The maximum atomic E-state index is 13.1. The van der Waals surface area contributed by atoms with Gasteiger partial charge in [-0.3, -0.25) is 4.79 Å². The maximum Gasteiger partial charge on any atom is 0.263 e. The van der Waals surface area contributed by atoms with Crippen LogP contribution >= 0.6 is 0 Å². The van der Waals surface area contributed by atoms with Gasteiger partial charge in [-0.05, 0) is 57.2 Å². The molecule has 142 valence electrons. The number of rotatable bonds is 5. The quantitative estimate of drug-likeness (QED) is 0.515. The maximum absolute atomic E-state index is 13.1. The number of aryl methyl sites for hydroxylation is 2. The zero-order valence-corrected chi connectivity index (χ0v) is 16.1. The molecule has 0 saturated carbocycles. The molecule has 4 rings (SSSR count). The predicted molar refractivity (Wildman–Crippen MR) is 109 cm³/mol. The molecule has 0 aliphatic heterocycles. The molecule has 0 saturated heterocycles. The smallest absolute Gasteiger partial charge is 0.263 e. The van der Waals surface area contributed by atoms with Gasteiger partial charge in [0.05, 0.1) is 12.1 Å².